The molecule has 0 aliphatic carbocycles. The van der Waals surface area contributed by atoms with Crippen molar-refractivity contribution in [1.82, 2.24) is 9.55 Å². The largest absolute Gasteiger partial charge is 0.628 e. The van der Waals surface area contributed by atoms with Gasteiger partial charge >= 0.3 is 0 Å². The molecule has 0 fully saturated rings. The van der Waals surface area contributed by atoms with Crippen LogP contribution in [0.2, 0.25) is 0 Å². The molecule has 0 radical (unpaired) electrons. The van der Waals surface area contributed by atoms with E-state index in [0.29, 0.717) is 6.54 Å². The van der Waals surface area contributed by atoms with E-state index in [1.54, 1.807) is 7.05 Å². The van der Waals surface area contributed by atoms with Crippen LogP contribution in [0.1, 0.15) is 22.4 Å². The van der Waals surface area contributed by atoms with Crippen molar-refractivity contribution >= 4 is 16.5 Å². The van der Waals surface area contributed by atoms with Gasteiger partial charge in [-0.05, 0) is 34.7 Å². The first kappa shape index (κ1) is 16.1. The molecule has 134 valence electrons. The van der Waals surface area contributed by atoms with Crippen LogP contribution in [-0.2, 0) is 13.1 Å². The minimum atomic E-state index is -0.397. The summed E-state index contributed by atoms with van der Waals surface area (Å²) in [6.45, 7) is 1.27. The van der Waals surface area contributed by atoms with Gasteiger partial charge in [0.25, 0.3) is 0 Å². The fourth-order valence-electron chi connectivity index (χ4n) is 3.99. The second-order valence-corrected chi connectivity index (χ2v) is 7.45. The normalized spacial score (nSPS) is 19.1. The Morgan fingerprint density at radius 1 is 1.07 bits per heavy atom. The van der Waals surface area contributed by atoms with Crippen LogP contribution in [0.3, 0.4) is 0 Å². The standard InChI is InChI=1S/C23H21N3O/c1-26(27)15-21(20-9-11-24-22(20)16-26)19-8-7-18-10-12-25(23(18)13-19)14-17-5-3-2-4-6-17/h2-13,15,24H,14,16H2,1H3. The van der Waals surface area contributed by atoms with E-state index in [0.717, 1.165) is 28.9 Å². The second kappa shape index (κ2) is 5.98. The highest BCUT2D eigenvalue weighted by Gasteiger charge is 2.25. The molecule has 1 atom stereocenters. The summed E-state index contributed by atoms with van der Waals surface area (Å²) in [6, 6.07) is 21.1. The van der Waals surface area contributed by atoms with Crippen LogP contribution >= 0.6 is 0 Å². The van der Waals surface area contributed by atoms with Crippen molar-refractivity contribution in [2.24, 2.45) is 0 Å². The zero-order chi connectivity index (χ0) is 18.4. The first-order valence-electron chi connectivity index (χ1n) is 9.18. The van der Waals surface area contributed by atoms with Gasteiger partial charge in [0.2, 0.25) is 0 Å². The summed E-state index contributed by atoms with van der Waals surface area (Å²) in [5.41, 5.74) is 6.67. The maximum absolute atomic E-state index is 12.7. The van der Waals surface area contributed by atoms with E-state index in [2.05, 4.69) is 70.3 Å². The summed E-state index contributed by atoms with van der Waals surface area (Å²) in [5, 5.41) is 13.9. The fourth-order valence-corrected chi connectivity index (χ4v) is 3.99. The Morgan fingerprint density at radius 2 is 1.93 bits per heavy atom. The Kier molecular flexibility index (Phi) is 3.57. The SMILES string of the molecule is C[N+]1([O-])C=C(c2ccc3ccn(Cc4ccccc4)c3c2)c2cc[nH]c2C1. The van der Waals surface area contributed by atoms with E-state index in [1.807, 2.05) is 18.5 Å². The molecule has 1 aliphatic heterocycles. The zero-order valence-electron chi connectivity index (χ0n) is 15.2. The van der Waals surface area contributed by atoms with Crippen molar-refractivity contribution in [3.8, 4) is 0 Å². The average Bonchev–Trinajstić information content (AvgIpc) is 3.28. The van der Waals surface area contributed by atoms with Crippen LogP contribution < -0.4 is 0 Å². The number of hydrogen-bond acceptors (Lipinski definition) is 1. The van der Waals surface area contributed by atoms with Crippen LogP contribution in [0.15, 0.2) is 79.3 Å². The van der Waals surface area contributed by atoms with E-state index in [4.69, 9.17) is 0 Å². The Balaban J connectivity index is 1.61. The molecule has 5 rings (SSSR count). The van der Waals surface area contributed by atoms with E-state index in [1.165, 1.54) is 16.5 Å². The number of quaternary nitrogens is 1. The van der Waals surface area contributed by atoms with Crippen molar-refractivity contribution in [3.63, 3.8) is 0 Å². The number of H-pyrrole nitrogens is 1. The minimum absolute atomic E-state index is 0.397. The summed E-state index contributed by atoms with van der Waals surface area (Å²) in [6.07, 6.45) is 5.87. The lowest BCUT2D eigenvalue weighted by Crippen LogP contribution is -2.33. The topological polar surface area (TPSA) is 43.8 Å². The third-order valence-corrected chi connectivity index (χ3v) is 5.28. The first-order valence-corrected chi connectivity index (χ1v) is 9.18. The molecule has 2 aromatic carbocycles. The third-order valence-electron chi connectivity index (χ3n) is 5.28. The number of fused-ring (bicyclic) bond motifs is 2. The van der Waals surface area contributed by atoms with Crippen molar-refractivity contribution in [3.05, 3.63) is 107 Å². The maximum Gasteiger partial charge on any atom is 0.124 e. The second-order valence-electron chi connectivity index (χ2n) is 7.45. The van der Waals surface area contributed by atoms with Gasteiger partial charge in [-0.3, -0.25) is 0 Å². The van der Waals surface area contributed by atoms with Gasteiger partial charge in [0, 0.05) is 35.6 Å². The number of nitrogens with zero attached hydrogens (tertiary/aromatic N) is 2. The van der Waals surface area contributed by atoms with Crippen molar-refractivity contribution in [2.45, 2.75) is 13.1 Å². The number of hydroxylamine groups is 3. The van der Waals surface area contributed by atoms with Crippen molar-refractivity contribution in [2.75, 3.05) is 7.05 Å². The van der Waals surface area contributed by atoms with Crippen LogP contribution in [-0.4, -0.2) is 21.2 Å². The van der Waals surface area contributed by atoms with E-state index < -0.39 is 4.65 Å². The summed E-state index contributed by atoms with van der Waals surface area (Å²) < 4.78 is 1.87. The molecule has 4 nitrogen and oxygen atoms in total. The highest BCUT2D eigenvalue weighted by molar-refractivity contribution is 5.88. The number of nitrogens with one attached hydrogen (secondary N) is 1. The molecular formula is C23H21N3O. The molecule has 1 N–H and O–H groups in total. The molecule has 3 heterocycles. The summed E-state index contributed by atoms with van der Waals surface area (Å²) >= 11 is 0. The Labute approximate surface area is 158 Å². The molecule has 0 saturated carbocycles. The van der Waals surface area contributed by atoms with Gasteiger partial charge in [0.05, 0.1) is 12.7 Å². The van der Waals surface area contributed by atoms with E-state index >= 15 is 0 Å². The molecule has 1 aliphatic rings. The molecule has 4 aromatic rings. The Hall–Kier alpha value is -3.08. The lowest BCUT2D eigenvalue weighted by atomic mass is 9.95. The predicted molar refractivity (Wildman–Crippen MR) is 109 cm³/mol. The monoisotopic (exact) mass is 355 g/mol. The van der Waals surface area contributed by atoms with Gasteiger partial charge in [-0.25, -0.2) is 0 Å². The molecule has 2 aromatic heterocycles. The molecule has 0 saturated heterocycles. The molecule has 27 heavy (non-hydrogen) atoms. The number of rotatable bonds is 3. The summed E-state index contributed by atoms with van der Waals surface area (Å²) in [7, 11) is 1.69. The summed E-state index contributed by atoms with van der Waals surface area (Å²) in [5.74, 6) is 0. The molecule has 4 heteroatoms. The number of hydrogen-bond donors (Lipinski definition) is 1. The van der Waals surface area contributed by atoms with Gasteiger partial charge in [-0.2, -0.15) is 0 Å². The number of aromatic nitrogens is 2. The van der Waals surface area contributed by atoms with Gasteiger partial charge < -0.3 is 19.4 Å². The van der Waals surface area contributed by atoms with Crippen LogP contribution in [0, 0.1) is 5.21 Å². The van der Waals surface area contributed by atoms with Crippen molar-refractivity contribution in [1.29, 1.82) is 0 Å². The van der Waals surface area contributed by atoms with Gasteiger partial charge in [-0.15, -0.1) is 0 Å². The van der Waals surface area contributed by atoms with Gasteiger partial charge in [0.1, 0.15) is 12.7 Å². The van der Waals surface area contributed by atoms with Crippen molar-refractivity contribution < 1.29 is 4.65 Å². The lowest BCUT2D eigenvalue weighted by molar-refractivity contribution is -0.822. The molecule has 0 spiro atoms. The third kappa shape index (κ3) is 2.89. The lowest BCUT2D eigenvalue weighted by Gasteiger charge is -2.38. The van der Waals surface area contributed by atoms with E-state index in [9.17, 15) is 5.21 Å². The maximum atomic E-state index is 12.7. The molecule has 0 amide bonds. The number of aromatic amines is 1. The van der Waals surface area contributed by atoms with Crippen LogP contribution in [0.25, 0.3) is 16.5 Å². The van der Waals surface area contributed by atoms with Gasteiger partial charge in [0.15, 0.2) is 0 Å². The predicted octanol–water partition coefficient (Wildman–Crippen LogP) is 4.86. The van der Waals surface area contributed by atoms with Crippen LogP contribution in [0.4, 0.5) is 0 Å². The Bertz CT molecular complexity index is 1150. The smallest absolute Gasteiger partial charge is 0.124 e. The first-order chi connectivity index (χ1) is 13.1. The highest BCUT2D eigenvalue weighted by Crippen LogP contribution is 2.35. The minimum Gasteiger partial charge on any atom is -0.628 e. The Morgan fingerprint density at radius 3 is 2.78 bits per heavy atom. The molecule has 0 bridgehead atoms. The average molecular weight is 355 g/mol. The highest BCUT2D eigenvalue weighted by atomic mass is 16.5. The van der Waals surface area contributed by atoms with Gasteiger partial charge in [-0.1, -0.05) is 42.5 Å². The van der Waals surface area contributed by atoms with E-state index in [-0.39, 0.29) is 0 Å². The van der Waals surface area contributed by atoms with Crippen LogP contribution in [0.5, 0.6) is 0 Å². The summed E-state index contributed by atoms with van der Waals surface area (Å²) in [4.78, 5) is 3.23. The number of benzene rings is 2. The molecule has 1 unspecified atom stereocenters. The molecular weight excluding hydrogens is 334 g/mol. The fraction of sp³-hybridized carbons (Fsp3) is 0.130. The zero-order valence-corrected chi connectivity index (χ0v) is 15.2. The quantitative estimate of drug-likeness (QED) is 0.414.